The Balaban J connectivity index is 1.81. The van der Waals surface area contributed by atoms with Gasteiger partial charge in [0.1, 0.15) is 11.4 Å². The van der Waals surface area contributed by atoms with Gasteiger partial charge in [-0.1, -0.05) is 42.5 Å². The lowest BCUT2D eigenvalue weighted by molar-refractivity contribution is 0.547. The first-order valence-electron chi connectivity index (χ1n) is 8.86. The molecule has 3 aromatic carbocycles. The number of hydrogen-bond donors (Lipinski definition) is 1. The van der Waals surface area contributed by atoms with Gasteiger partial charge in [-0.25, -0.2) is 9.98 Å². The third-order valence-corrected chi connectivity index (χ3v) is 4.53. The molecule has 0 aliphatic heterocycles. The molecular formula is C23H17N3O. The largest absolute Gasteiger partial charge is 0.438 e. The molecule has 0 radical (unpaired) electrons. The summed E-state index contributed by atoms with van der Waals surface area (Å²) in [5.41, 5.74) is 6.09. The first-order valence-corrected chi connectivity index (χ1v) is 8.86. The highest BCUT2D eigenvalue weighted by Gasteiger charge is 2.11. The van der Waals surface area contributed by atoms with E-state index in [1.165, 1.54) is 0 Å². The summed E-state index contributed by atoms with van der Waals surface area (Å²) in [7, 11) is 0. The Morgan fingerprint density at radius 2 is 1.74 bits per heavy atom. The zero-order valence-electron chi connectivity index (χ0n) is 14.8. The van der Waals surface area contributed by atoms with Crippen LogP contribution in [-0.4, -0.2) is 9.97 Å². The van der Waals surface area contributed by atoms with Gasteiger partial charge in [-0.3, -0.25) is 0 Å². The second-order valence-corrected chi connectivity index (χ2v) is 6.56. The molecule has 0 atom stereocenters. The number of imidazole rings is 1. The van der Waals surface area contributed by atoms with Crippen LogP contribution in [-0.2, 0) is 0 Å². The van der Waals surface area contributed by atoms with Gasteiger partial charge in [0.2, 0.25) is 5.55 Å². The van der Waals surface area contributed by atoms with Gasteiger partial charge in [0.25, 0.3) is 0 Å². The minimum Gasteiger partial charge on any atom is -0.438 e. The number of rotatable bonds is 2. The molecule has 0 bridgehead atoms. The summed E-state index contributed by atoms with van der Waals surface area (Å²) in [6.07, 6.45) is 0. The minimum atomic E-state index is 0.540. The van der Waals surface area contributed by atoms with E-state index in [-0.39, 0.29) is 0 Å². The lowest BCUT2D eigenvalue weighted by atomic mass is 10.1. The van der Waals surface area contributed by atoms with Gasteiger partial charge in [-0.15, -0.1) is 0 Å². The standard InChI is InChI=1S/C23H17N3O/c1-15-7-6-9-17(13-15)24-23-18(14-16-8-2-5-12-21(16)27-23)22-25-19-10-3-4-11-20(19)26-22/h2-14H,1H3,(H,25,26). The maximum Gasteiger partial charge on any atom is 0.230 e. The number of benzene rings is 3. The average molecular weight is 351 g/mol. The minimum absolute atomic E-state index is 0.540. The van der Waals surface area contributed by atoms with E-state index in [2.05, 4.69) is 24.0 Å². The highest BCUT2D eigenvalue weighted by atomic mass is 16.3. The van der Waals surface area contributed by atoms with Crippen LogP contribution in [0.3, 0.4) is 0 Å². The van der Waals surface area contributed by atoms with Crippen molar-refractivity contribution in [3.05, 3.63) is 90.0 Å². The van der Waals surface area contributed by atoms with Crippen molar-refractivity contribution >= 4 is 27.7 Å². The Labute approximate surface area is 155 Å². The number of aryl methyl sites for hydroxylation is 1. The number of aromatic nitrogens is 2. The molecule has 0 aliphatic rings. The maximum atomic E-state index is 6.16. The van der Waals surface area contributed by atoms with Crippen molar-refractivity contribution in [2.75, 3.05) is 0 Å². The van der Waals surface area contributed by atoms with E-state index in [1.54, 1.807) is 0 Å². The molecule has 4 nitrogen and oxygen atoms in total. The summed E-state index contributed by atoms with van der Waals surface area (Å²) >= 11 is 0. The van der Waals surface area contributed by atoms with Crippen LogP contribution in [0.25, 0.3) is 33.4 Å². The van der Waals surface area contributed by atoms with Crippen LogP contribution in [0.1, 0.15) is 5.56 Å². The fraction of sp³-hybridized carbons (Fsp3) is 0.0435. The number of para-hydroxylation sites is 3. The van der Waals surface area contributed by atoms with E-state index in [1.807, 2.05) is 66.7 Å². The number of nitrogens with one attached hydrogen (secondary N) is 1. The number of fused-ring (bicyclic) bond motifs is 2. The molecule has 0 fully saturated rings. The maximum absolute atomic E-state index is 6.16. The molecule has 5 rings (SSSR count). The highest BCUT2D eigenvalue weighted by Crippen LogP contribution is 2.23. The van der Waals surface area contributed by atoms with Crippen molar-refractivity contribution < 1.29 is 4.42 Å². The molecule has 4 heteroatoms. The molecule has 1 N–H and O–H groups in total. The van der Waals surface area contributed by atoms with Gasteiger partial charge in [-0.2, -0.15) is 0 Å². The number of aromatic amines is 1. The molecule has 0 unspecified atom stereocenters. The normalized spacial score (nSPS) is 12.1. The fourth-order valence-electron chi connectivity index (χ4n) is 3.22. The molecule has 2 aromatic heterocycles. The molecular weight excluding hydrogens is 334 g/mol. The topological polar surface area (TPSA) is 54.2 Å². The van der Waals surface area contributed by atoms with Crippen molar-refractivity contribution in [2.24, 2.45) is 4.99 Å². The predicted molar refractivity (Wildman–Crippen MR) is 108 cm³/mol. The molecule has 0 spiro atoms. The molecule has 0 aliphatic carbocycles. The van der Waals surface area contributed by atoms with E-state index in [4.69, 9.17) is 14.4 Å². The van der Waals surface area contributed by atoms with Gasteiger partial charge in [-0.05, 0) is 48.9 Å². The highest BCUT2D eigenvalue weighted by molar-refractivity contribution is 5.83. The SMILES string of the molecule is Cc1cccc(N=c2oc3ccccc3cc2-c2nc3ccccc3[nH]2)c1. The smallest absolute Gasteiger partial charge is 0.230 e. The van der Waals surface area contributed by atoms with Crippen LogP contribution in [0, 0.1) is 6.92 Å². The van der Waals surface area contributed by atoms with Crippen molar-refractivity contribution in [1.29, 1.82) is 0 Å². The molecule has 0 saturated carbocycles. The van der Waals surface area contributed by atoms with Crippen LogP contribution in [0.15, 0.2) is 88.3 Å². The summed E-state index contributed by atoms with van der Waals surface area (Å²) in [5, 5.41) is 1.01. The lowest BCUT2D eigenvalue weighted by Gasteiger charge is -2.03. The zero-order chi connectivity index (χ0) is 18.2. The third-order valence-electron chi connectivity index (χ3n) is 4.53. The zero-order valence-corrected chi connectivity index (χ0v) is 14.8. The van der Waals surface area contributed by atoms with Crippen LogP contribution >= 0.6 is 0 Å². The number of H-pyrrole nitrogens is 1. The van der Waals surface area contributed by atoms with Crippen LogP contribution in [0.4, 0.5) is 5.69 Å². The summed E-state index contributed by atoms with van der Waals surface area (Å²) in [4.78, 5) is 12.9. The fourth-order valence-corrected chi connectivity index (χ4v) is 3.22. The molecule has 27 heavy (non-hydrogen) atoms. The summed E-state index contributed by atoms with van der Waals surface area (Å²) in [6.45, 7) is 2.05. The predicted octanol–water partition coefficient (Wildman–Crippen LogP) is 5.52. The van der Waals surface area contributed by atoms with Crippen molar-refractivity contribution in [3.8, 4) is 11.4 Å². The monoisotopic (exact) mass is 351 g/mol. The van der Waals surface area contributed by atoms with Gasteiger partial charge in [0.05, 0.1) is 22.3 Å². The Hall–Kier alpha value is -3.66. The number of nitrogens with zero attached hydrogens (tertiary/aromatic N) is 2. The van der Waals surface area contributed by atoms with E-state index >= 15 is 0 Å². The molecule has 5 aromatic rings. The first kappa shape index (κ1) is 15.6. The van der Waals surface area contributed by atoms with E-state index < -0.39 is 0 Å². The Morgan fingerprint density at radius 1 is 0.889 bits per heavy atom. The molecule has 0 saturated heterocycles. The van der Waals surface area contributed by atoms with E-state index in [0.29, 0.717) is 5.55 Å². The Morgan fingerprint density at radius 3 is 2.63 bits per heavy atom. The Bertz CT molecular complexity index is 1310. The number of hydrogen-bond acceptors (Lipinski definition) is 3. The van der Waals surface area contributed by atoms with Crippen molar-refractivity contribution in [2.45, 2.75) is 6.92 Å². The van der Waals surface area contributed by atoms with Crippen LogP contribution in [0.2, 0.25) is 0 Å². The quantitative estimate of drug-likeness (QED) is 0.455. The first-order chi connectivity index (χ1) is 13.3. The van der Waals surface area contributed by atoms with Crippen LogP contribution in [0.5, 0.6) is 0 Å². The summed E-state index contributed by atoms with van der Waals surface area (Å²) < 4.78 is 6.16. The van der Waals surface area contributed by atoms with Crippen molar-refractivity contribution in [3.63, 3.8) is 0 Å². The van der Waals surface area contributed by atoms with Crippen LogP contribution < -0.4 is 5.55 Å². The molecule has 0 amide bonds. The third kappa shape index (κ3) is 2.91. The van der Waals surface area contributed by atoms with E-state index in [0.717, 1.165) is 44.6 Å². The van der Waals surface area contributed by atoms with Crippen molar-refractivity contribution in [1.82, 2.24) is 9.97 Å². The Kier molecular flexibility index (Phi) is 3.61. The van der Waals surface area contributed by atoms with Gasteiger partial charge in [0.15, 0.2) is 0 Å². The van der Waals surface area contributed by atoms with Gasteiger partial charge >= 0.3 is 0 Å². The van der Waals surface area contributed by atoms with E-state index in [9.17, 15) is 0 Å². The lowest BCUT2D eigenvalue weighted by Crippen LogP contribution is -2.06. The van der Waals surface area contributed by atoms with Gasteiger partial charge < -0.3 is 9.40 Å². The van der Waals surface area contributed by atoms with Gasteiger partial charge in [0, 0.05) is 5.39 Å². The summed E-state index contributed by atoms with van der Waals surface area (Å²) in [6, 6.07) is 26.1. The molecule has 130 valence electrons. The summed E-state index contributed by atoms with van der Waals surface area (Å²) in [5.74, 6) is 0.747. The second-order valence-electron chi connectivity index (χ2n) is 6.56. The molecule has 2 heterocycles. The second kappa shape index (κ2) is 6.25. The average Bonchev–Trinajstić information content (AvgIpc) is 3.11.